The van der Waals surface area contributed by atoms with Crippen molar-refractivity contribution in [2.45, 2.75) is 50.5 Å². The van der Waals surface area contributed by atoms with Crippen molar-refractivity contribution in [3.8, 4) is 0 Å². The van der Waals surface area contributed by atoms with Crippen LogP contribution in [0.4, 0.5) is 0 Å². The number of cyclic esters (lactones) is 1. The highest BCUT2D eigenvalue weighted by Gasteiger charge is 2.52. The van der Waals surface area contributed by atoms with Gasteiger partial charge >= 0.3 is 5.97 Å². The van der Waals surface area contributed by atoms with Crippen LogP contribution in [0.15, 0.2) is 48.1 Å². The van der Waals surface area contributed by atoms with Gasteiger partial charge in [-0.25, -0.2) is 0 Å². The number of rotatable bonds is 0. The summed E-state index contributed by atoms with van der Waals surface area (Å²) in [6, 6.07) is 0. The summed E-state index contributed by atoms with van der Waals surface area (Å²) in [7, 11) is 0. The number of Topliss-reactive ketones (excluding diaryl/α,β-unsaturated/α-hetero) is 2. The predicted molar refractivity (Wildman–Crippen MR) is 118 cm³/mol. The second-order valence-corrected chi connectivity index (χ2v) is 10.0. The number of allylic oxidation sites excluding steroid dienone is 7. The molecule has 3 rings (SSSR count). The van der Waals surface area contributed by atoms with Gasteiger partial charge in [-0.1, -0.05) is 72.2 Å². The molecule has 3 aliphatic rings. The predicted octanol–water partition coefficient (Wildman–Crippen LogP) is 5.16. The molecule has 1 heterocycles. The van der Waals surface area contributed by atoms with Crippen molar-refractivity contribution in [1.29, 1.82) is 0 Å². The molecular weight excluding hydrogens is 423 g/mol. The van der Waals surface area contributed by atoms with Crippen LogP contribution >= 0.6 is 23.2 Å². The Hall–Kier alpha value is -1.65. The number of carbonyl (C=O) groups excluding carboxylic acids is 3. The van der Waals surface area contributed by atoms with E-state index in [-0.39, 0.29) is 23.7 Å². The van der Waals surface area contributed by atoms with E-state index in [9.17, 15) is 14.4 Å². The fourth-order valence-electron chi connectivity index (χ4n) is 5.01. The third-order valence-electron chi connectivity index (χ3n) is 6.31. The Bertz CT molecular complexity index is 836. The first-order valence-electron chi connectivity index (χ1n) is 10.4. The molecule has 30 heavy (non-hydrogen) atoms. The number of halogens is 2. The third-order valence-corrected chi connectivity index (χ3v) is 7.10. The van der Waals surface area contributed by atoms with Crippen molar-refractivity contribution in [2.24, 2.45) is 29.6 Å². The largest absolute Gasteiger partial charge is 0.458 e. The second-order valence-electron chi connectivity index (χ2n) is 8.67. The highest BCUT2D eigenvalue weighted by atomic mass is 35.5. The molecule has 0 bridgehead atoms. The molecule has 0 spiro atoms. The van der Waals surface area contributed by atoms with Gasteiger partial charge in [-0.3, -0.25) is 14.4 Å². The van der Waals surface area contributed by atoms with Crippen LogP contribution in [0, 0.1) is 29.6 Å². The molecule has 162 valence electrons. The molecule has 4 nitrogen and oxygen atoms in total. The molecule has 0 saturated carbocycles. The molecule has 0 amide bonds. The van der Waals surface area contributed by atoms with Gasteiger partial charge in [-0.2, -0.15) is 0 Å². The van der Waals surface area contributed by atoms with Gasteiger partial charge in [0.25, 0.3) is 0 Å². The smallest absolute Gasteiger partial charge is 0.314 e. The van der Waals surface area contributed by atoms with Gasteiger partial charge < -0.3 is 4.74 Å². The lowest BCUT2D eigenvalue weighted by molar-refractivity contribution is -0.148. The van der Waals surface area contributed by atoms with Gasteiger partial charge in [-0.05, 0) is 56.4 Å². The van der Waals surface area contributed by atoms with Crippen molar-refractivity contribution in [3.05, 3.63) is 48.1 Å². The van der Waals surface area contributed by atoms with Crippen molar-refractivity contribution in [1.82, 2.24) is 0 Å². The maximum atomic E-state index is 13.6. The lowest BCUT2D eigenvalue weighted by Crippen LogP contribution is -2.49. The first-order valence-corrected chi connectivity index (χ1v) is 11.2. The van der Waals surface area contributed by atoms with E-state index in [0.29, 0.717) is 6.42 Å². The molecule has 0 unspecified atom stereocenters. The Morgan fingerprint density at radius 1 is 1.03 bits per heavy atom. The van der Waals surface area contributed by atoms with E-state index in [1.807, 2.05) is 12.2 Å². The zero-order chi connectivity index (χ0) is 22.1. The number of ether oxygens (including phenoxy) is 1. The molecule has 0 aromatic heterocycles. The van der Waals surface area contributed by atoms with Gasteiger partial charge in [0.1, 0.15) is 12.5 Å². The molecule has 6 atom stereocenters. The van der Waals surface area contributed by atoms with Gasteiger partial charge in [0, 0.05) is 5.92 Å². The number of alkyl halides is 2. The van der Waals surface area contributed by atoms with Crippen LogP contribution in [-0.4, -0.2) is 28.0 Å². The summed E-state index contributed by atoms with van der Waals surface area (Å²) >= 11 is 12.7. The minimum absolute atomic E-state index is 0.00435. The molecular formula is C24H28Cl2O4. The minimum atomic E-state index is -2.28. The van der Waals surface area contributed by atoms with Gasteiger partial charge in [0.2, 0.25) is 4.33 Å². The Balaban J connectivity index is 2.02. The Morgan fingerprint density at radius 2 is 1.73 bits per heavy atom. The van der Waals surface area contributed by atoms with Crippen LogP contribution in [0.3, 0.4) is 0 Å². The van der Waals surface area contributed by atoms with Crippen LogP contribution in [0.2, 0.25) is 0 Å². The summed E-state index contributed by atoms with van der Waals surface area (Å²) in [5.74, 6) is -2.36. The Morgan fingerprint density at radius 3 is 2.47 bits per heavy atom. The van der Waals surface area contributed by atoms with Gasteiger partial charge in [0.05, 0.1) is 0 Å². The molecule has 1 aliphatic heterocycles. The molecule has 0 saturated heterocycles. The van der Waals surface area contributed by atoms with Crippen molar-refractivity contribution < 1.29 is 19.1 Å². The average Bonchev–Trinajstić information content (AvgIpc) is 2.65. The summed E-state index contributed by atoms with van der Waals surface area (Å²) in [5, 5.41) is 0. The van der Waals surface area contributed by atoms with E-state index >= 15 is 0 Å². The van der Waals surface area contributed by atoms with Crippen LogP contribution in [0.5, 0.6) is 0 Å². The minimum Gasteiger partial charge on any atom is -0.458 e. The standard InChI is InChI=1S/C24H28Cl2O4/c1-14-11-15(2)21-18(12-14)10-9-17-8-6-4-5-7-16(3)30-20(28)13-19(27)24(25,26)23(29)22(17)21/h4-7,9-11,15-18,21-22H,8,12-13H2,1-3H3/b6-4-,7-5+/t15-,16+,17-,18-,21-,22-/m1/s1. The zero-order valence-electron chi connectivity index (χ0n) is 17.5. The fraction of sp³-hybridized carbons (Fsp3) is 0.542. The van der Waals surface area contributed by atoms with E-state index in [0.717, 1.165) is 6.42 Å². The molecule has 0 N–H and O–H groups in total. The molecule has 6 heteroatoms. The summed E-state index contributed by atoms with van der Waals surface area (Å²) in [6.07, 6.45) is 14.2. The third kappa shape index (κ3) is 4.81. The average molecular weight is 451 g/mol. The lowest BCUT2D eigenvalue weighted by atomic mass is 9.59. The first kappa shape index (κ1) is 23.0. The van der Waals surface area contributed by atoms with Crippen molar-refractivity contribution in [3.63, 3.8) is 0 Å². The van der Waals surface area contributed by atoms with Gasteiger partial charge in [0.15, 0.2) is 11.6 Å². The number of fused-ring (bicyclic) bond motifs is 3. The maximum Gasteiger partial charge on any atom is 0.314 e. The van der Waals surface area contributed by atoms with Crippen LogP contribution < -0.4 is 0 Å². The highest BCUT2D eigenvalue weighted by molar-refractivity contribution is 6.68. The molecule has 0 aromatic carbocycles. The van der Waals surface area contributed by atoms with Crippen molar-refractivity contribution >= 4 is 40.7 Å². The number of carbonyl (C=O) groups is 3. The van der Waals surface area contributed by atoms with E-state index in [1.165, 1.54) is 5.57 Å². The number of ketones is 2. The summed E-state index contributed by atoms with van der Waals surface area (Å²) in [6.45, 7) is 5.89. The molecule has 0 fully saturated rings. The number of hydrogen-bond acceptors (Lipinski definition) is 4. The Kier molecular flexibility index (Phi) is 7.09. The number of esters is 1. The van der Waals surface area contributed by atoms with Crippen molar-refractivity contribution in [2.75, 3.05) is 0 Å². The topological polar surface area (TPSA) is 60.4 Å². The normalized spacial score (nSPS) is 39.1. The summed E-state index contributed by atoms with van der Waals surface area (Å²) in [4.78, 5) is 38.5. The SMILES string of the molecule is CC1=C[C@@H](C)[C@H]2[C@@H]3C(=O)C(Cl)(Cl)C(=O)CC(=O)O[C@@H](C)/C=C/C=C\C[C@@H]3C=C[C@@H]2C1. The van der Waals surface area contributed by atoms with Crippen LogP contribution in [-0.2, 0) is 19.1 Å². The molecule has 0 radical (unpaired) electrons. The molecule has 0 aromatic rings. The molecule has 2 aliphatic carbocycles. The fourth-order valence-corrected chi connectivity index (χ4v) is 5.40. The van der Waals surface area contributed by atoms with Gasteiger partial charge in [-0.15, -0.1) is 0 Å². The van der Waals surface area contributed by atoms with E-state index < -0.39 is 40.3 Å². The zero-order valence-corrected chi connectivity index (χ0v) is 19.0. The van der Waals surface area contributed by atoms with Crippen LogP contribution in [0.1, 0.15) is 40.0 Å². The maximum absolute atomic E-state index is 13.6. The lowest BCUT2D eigenvalue weighted by Gasteiger charge is -2.45. The Labute approximate surface area is 188 Å². The highest BCUT2D eigenvalue weighted by Crippen LogP contribution is 2.49. The first-order chi connectivity index (χ1) is 14.1. The summed E-state index contributed by atoms with van der Waals surface area (Å²) in [5.41, 5.74) is 1.29. The monoisotopic (exact) mass is 450 g/mol. The van der Waals surface area contributed by atoms with E-state index in [1.54, 1.807) is 19.1 Å². The summed E-state index contributed by atoms with van der Waals surface area (Å²) < 4.78 is 2.91. The second kappa shape index (κ2) is 9.23. The van der Waals surface area contributed by atoms with E-state index in [4.69, 9.17) is 27.9 Å². The number of hydrogen-bond donors (Lipinski definition) is 0. The quantitative estimate of drug-likeness (QED) is 0.221. The van der Waals surface area contributed by atoms with E-state index in [2.05, 4.69) is 32.1 Å². The van der Waals surface area contributed by atoms with Crippen LogP contribution in [0.25, 0.3) is 0 Å².